The number of hydrogen-bond donors (Lipinski definition) is 1. The topological polar surface area (TPSA) is 110 Å². The van der Waals surface area contributed by atoms with Gasteiger partial charge in [0.1, 0.15) is 5.82 Å². The van der Waals surface area contributed by atoms with Gasteiger partial charge in [-0.05, 0) is 49.4 Å². The normalized spacial score (nSPS) is 19.8. The van der Waals surface area contributed by atoms with Gasteiger partial charge in [-0.1, -0.05) is 19.1 Å². The Labute approximate surface area is 222 Å². The Morgan fingerprint density at radius 3 is 2.68 bits per heavy atom. The van der Waals surface area contributed by atoms with Crippen molar-refractivity contribution in [1.82, 2.24) is 24.8 Å². The lowest BCUT2D eigenvalue weighted by molar-refractivity contribution is 0.395. The number of pyridine rings is 2. The highest BCUT2D eigenvalue weighted by molar-refractivity contribution is 7.90. The molecule has 3 aromatic rings. The first-order chi connectivity index (χ1) is 17.6. The number of sulfone groups is 1. The maximum absolute atomic E-state index is 12.4. The highest BCUT2D eigenvalue weighted by Gasteiger charge is 2.42. The highest BCUT2D eigenvalue weighted by atomic mass is 32.2. The molecule has 5 rings (SSSR count). The van der Waals surface area contributed by atoms with E-state index in [1.807, 2.05) is 13.8 Å². The lowest BCUT2D eigenvalue weighted by Gasteiger charge is -2.37. The number of aromatic nitrogens is 4. The number of rotatable bonds is 5. The number of thiocarbonyl (C=S) groups is 1. The van der Waals surface area contributed by atoms with Gasteiger partial charge in [0.15, 0.2) is 15.7 Å². The van der Waals surface area contributed by atoms with Gasteiger partial charge in [-0.2, -0.15) is 0 Å². The fourth-order valence-corrected chi connectivity index (χ4v) is 6.46. The quantitative estimate of drug-likeness (QED) is 0.484. The Morgan fingerprint density at radius 2 is 1.97 bits per heavy atom. The summed E-state index contributed by atoms with van der Waals surface area (Å²) in [7, 11) is -1.96. The Balaban J connectivity index is 1.36. The van der Waals surface area contributed by atoms with Crippen molar-refractivity contribution in [3.05, 3.63) is 53.6 Å². The van der Waals surface area contributed by atoms with Crippen LogP contribution in [0.2, 0.25) is 0 Å². The molecule has 1 N–H and O–H groups in total. The summed E-state index contributed by atoms with van der Waals surface area (Å²) in [5.41, 5.74) is 3.46. The van der Waals surface area contributed by atoms with Crippen LogP contribution in [-0.4, -0.2) is 70.2 Å². The molecule has 0 radical (unpaired) electrons. The molecule has 3 aromatic heterocycles. The predicted octanol–water partition coefficient (Wildman–Crippen LogP) is 3.59. The molecule has 9 nitrogen and oxygen atoms in total. The molecule has 1 unspecified atom stereocenters. The van der Waals surface area contributed by atoms with Crippen molar-refractivity contribution in [2.75, 3.05) is 31.8 Å². The first-order valence-corrected chi connectivity index (χ1v) is 14.5. The number of fused-ring (bicyclic) bond motifs is 1. The van der Waals surface area contributed by atoms with Crippen LogP contribution >= 0.6 is 12.2 Å². The first-order valence-electron chi connectivity index (χ1n) is 12.2. The third-order valence-electron chi connectivity index (χ3n) is 7.34. The summed E-state index contributed by atoms with van der Waals surface area (Å²) in [5, 5.41) is 3.73. The van der Waals surface area contributed by atoms with E-state index >= 15 is 0 Å². The summed E-state index contributed by atoms with van der Waals surface area (Å²) in [6.07, 6.45) is 8.79. The van der Waals surface area contributed by atoms with Gasteiger partial charge in [0.2, 0.25) is 5.88 Å². The number of anilines is 1. The van der Waals surface area contributed by atoms with E-state index in [-0.39, 0.29) is 16.4 Å². The van der Waals surface area contributed by atoms with Crippen LogP contribution in [0.5, 0.6) is 5.88 Å². The number of methoxy groups -OCH3 is 1. The molecule has 1 fully saturated rings. The molecular weight excluding hydrogens is 508 g/mol. The third kappa shape index (κ3) is 4.89. The zero-order valence-electron chi connectivity index (χ0n) is 21.4. The Hall–Kier alpha value is -3.18. The zero-order valence-corrected chi connectivity index (χ0v) is 23.0. The van der Waals surface area contributed by atoms with Gasteiger partial charge in [0, 0.05) is 55.5 Å². The van der Waals surface area contributed by atoms with Crippen molar-refractivity contribution in [1.29, 1.82) is 0 Å². The van der Waals surface area contributed by atoms with Crippen LogP contribution in [0, 0.1) is 6.92 Å². The number of nitrogens with one attached hydrogen (secondary N) is 1. The summed E-state index contributed by atoms with van der Waals surface area (Å²) < 4.78 is 30.1. The number of aryl methyl sites for hydroxylation is 2. The number of likely N-dealkylation sites (tertiary alicyclic amines) is 1. The molecule has 2 aliphatic rings. The summed E-state index contributed by atoms with van der Waals surface area (Å²) in [6, 6.07) is 5.63. The van der Waals surface area contributed by atoms with E-state index in [0.29, 0.717) is 22.3 Å². The molecule has 5 heterocycles. The molecule has 1 saturated heterocycles. The predicted molar refractivity (Wildman–Crippen MR) is 146 cm³/mol. The summed E-state index contributed by atoms with van der Waals surface area (Å²) in [5.74, 6) is 1.66. The third-order valence-corrected chi connectivity index (χ3v) is 9.09. The Morgan fingerprint density at radius 1 is 1.22 bits per heavy atom. The molecular formula is C26H30N6O3S2. The summed E-state index contributed by atoms with van der Waals surface area (Å²) in [4.78, 5) is 20.9. The Kier molecular flexibility index (Phi) is 6.61. The number of nitrogens with zero attached hydrogens (tertiary/aromatic N) is 5. The van der Waals surface area contributed by atoms with Gasteiger partial charge in [-0.15, -0.1) is 0 Å². The second-order valence-electron chi connectivity index (χ2n) is 9.87. The lowest BCUT2D eigenvalue weighted by Crippen LogP contribution is -2.45. The smallest absolute Gasteiger partial charge is 0.213 e. The van der Waals surface area contributed by atoms with E-state index in [0.717, 1.165) is 55.0 Å². The minimum atomic E-state index is -3.47. The molecule has 2 aliphatic heterocycles. The van der Waals surface area contributed by atoms with Gasteiger partial charge in [-0.25, -0.2) is 28.4 Å². The fourth-order valence-electron chi connectivity index (χ4n) is 5.27. The SMILES string of the molecule is COc1cc(C(C)C(=S)N2CC[C@@]3(CCc4cc(-c5ncccn5)c(C)nc4N3)C2)c(S(C)(=O)=O)cn1. The molecule has 0 amide bonds. The maximum atomic E-state index is 12.4. The van der Waals surface area contributed by atoms with Crippen molar-refractivity contribution >= 4 is 32.9 Å². The van der Waals surface area contributed by atoms with E-state index in [1.165, 1.54) is 19.6 Å². The van der Waals surface area contributed by atoms with E-state index < -0.39 is 9.84 Å². The van der Waals surface area contributed by atoms with Crippen LogP contribution in [0.4, 0.5) is 5.82 Å². The van der Waals surface area contributed by atoms with E-state index in [9.17, 15) is 8.42 Å². The minimum Gasteiger partial charge on any atom is -0.481 e. The van der Waals surface area contributed by atoms with Gasteiger partial charge >= 0.3 is 0 Å². The van der Waals surface area contributed by atoms with Crippen molar-refractivity contribution in [3.8, 4) is 17.3 Å². The average Bonchev–Trinajstić information content (AvgIpc) is 3.30. The van der Waals surface area contributed by atoms with Crippen molar-refractivity contribution < 1.29 is 13.2 Å². The second kappa shape index (κ2) is 9.60. The fraction of sp³-hybridized carbons (Fsp3) is 0.423. The van der Waals surface area contributed by atoms with Gasteiger partial charge in [0.25, 0.3) is 0 Å². The van der Waals surface area contributed by atoms with Crippen LogP contribution in [0.1, 0.15) is 42.5 Å². The van der Waals surface area contributed by atoms with Gasteiger partial charge in [0.05, 0.1) is 28.2 Å². The van der Waals surface area contributed by atoms with E-state index in [1.54, 1.807) is 24.5 Å². The molecule has 11 heteroatoms. The molecule has 0 bridgehead atoms. The highest BCUT2D eigenvalue weighted by Crippen LogP contribution is 2.39. The largest absolute Gasteiger partial charge is 0.481 e. The monoisotopic (exact) mass is 538 g/mol. The lowest BCUT2D eigenvalue weighted by atomic mass is 9.86. The molecule has 0 aromatic carbocycles. The molecule has 1 spiro atoms. The maximum Gasteiger partial charge on any atom is 0.213 e. The molecule has 0 aliphatic carbocycles. The van der Waals surface area contributed by atoms with Crippen LogP contribution < -0.4 is 10.1 Å². The minimum absolute atomic E-state index is 0.142. The van der Waals surface area contributed by atoms with Crippen LogP contribution in [0.3, 0.4) is 0 Å². The molecule has 37 heavy (non-hydrogen) atoms. The zero-order chi connectivity index (χ0) is 26.4. The molecule has 0 saturated carbocycles. The van der Waals surface area contributed by atoms with Gasteiger partial charge in [-0.3, -0.25) is 0 Å². The van der Waals surface area contributed by atoms with Gasteiger partial charge < -0.3 is 15.0 Å². The van der Waals surface area contributed by atoms with Crippen LogP contribution in [0.25, 0.3) is 11.4 Å². The van der Waals surface area contributed by atoms with Crippen LogP contribution in [0.15, 0.2) is 41.7 Å². The molecule has 194 valence electrons. The van der Waals surface area contributed by atoms with Crippen molar-refractivity contribution in [2.45, 2.75) is 49.5 Å². The molecule has 2 atom stereocenters. The number of hydrogen-bond acceptors (Lipinski definition) is 9. The second-order valence-corrected chi connectivity index (χ2v) is 12.3. The van der Waals surface area contributed by atoms with Crippen molar-refractivity contribution in [2.24, 2.45) is 0 Å². The summed E-state index contributed by atoms with van der Waals surface area (Å²) in [6.45, 7) is 5.45. The van der Waals surface area contributed by atoms with E-state index in [2.05, 4.69) is 31.2 Å². The summed E-state index contributed by atoms with van der Waals surface area (Å²) >= 11 is 5.92. The standard InChI is InChI=1S/C26H30N6O3S2/c1-16(19-13-22(35-3)29-14-21(19)37(4,33)34)25(36)32-11-8-26(15-32)7-6-18-12-20(17(2)30-23(18)31-26)24-27-9-5-10-28-24/h5,9-10,12-14,16H,6-8,11,15H2,1-4H3,(H,30,31)/t16?,26-/m0/s1. The number of ether oxygens (including phenoxy) is 1. The van der Waals surface area contributed by atoms with E-state index in [4.69, 9.17) is 21.9 Å². The first kappa shape index (κ1) is 25.5. The van der Waals surface area contributed by atoms with Crippen LogP contribution in [-0.2, 0) is 16.3 Å². The van der Waals surface area contributed by atoms with Crippen molar-refractivity contribution in [3.63, 3.8) is 0 Å². The average molecular weight is 539 g/mol. The Bertz CT molecular complexity index is 1460.